The van der Waals surface area contributed by atoms with Crippen molar-refractivity contribution in [2.75, 3.05) is 19.8 Å². The molecule has 0 bridgehead atoms. The first-order valence-corrected chi connectivity index (χ1v) is 7.70. The minimum atomic E-state index is -0.545. The third kappa shape index (κ3) is 8.51. The van der Waals surface area contributed by atoms with Gasteiger partial charge >= 0.3 is 11.9 Å². The molecule has 0 aromatic heterocycles. The van der Waals surface area contributed by atoms with Crippen LogP contribution in [0.4, 0.5) is 0 Å². The molecule has 0 spiro atoms. The predicted octanol–water partition coefficient (Wildman–Crippen LogP) is 0.529. The highest BCUT2D eigenvalue weighted by Gasteiger charge is 2.34. The zero-order valence-corrected chi connectivity index (χ0v) is 13.8. The van der Waals surface area contributed by atoms with E-state index in [-0.39, 0.29) is 12.5 Å². The second-order valence-electron chi connectivity index (χ2n) is 5.34. The van der Waals surface area contributed by atoms with Gasteiger partial charge in [-0.2, -0.15) is 0 Å². The smallest absolute Gasteiger partial charge is 0.302 e. The van der Waals surface area contributed by atoms with Crippen LogP contribution < -0.4 is 5.32 Å². The average Bonchev–Trinajstić information content (AvgIpc) is 2.45. The summed E-state index contributed by atoms with van der Waals surface area (Å²) >= 11 is 0. The minimum absolute atomic E-state index is 0.0129. The molecule has 132 valence electrons. The van der Waals surface area contributed by atoms with Gasteiger partial charge in [-0.15, -0.1) is 0 Å². The molecule has 0 unspecified atom stereocenters. The van der Waals surface area contributed by atoms with Gasteiger partial charge in [0.1, 0.15) is 18.8 Å². The number of esters is 2. The van der Waals surface area contributed by atoms with Crippen LogP contribution in [0.15, 0.2) is 0 Å². The first-order chi connectivity index (χ1) is 10.9. The van der Waals surface area contributed by atoms with Gasteiger partial charge in [-0.25, -0.2) is 0 Å². The Labute approximate surface area is 135 Å². The van der Waals surface area contributed by atoms with E-state index in [1.807, 2.05) is 0 Å². The van der Waals surface area contributed by atoms with Crippen molar-refractivity contribution < 1.29 is 33.3 Å². The van der Waals surface area contributed by atoms with E-state index in [1.165, 1.54) is 20.8 Å². The lowest BCUT2D eigenvalue weighted by atomic mass is 10.1. The molecule has 1 N–H and O–H groups in total. The van der Waals surface area contributed by atoms with Crippen molar-refractivity contribution in [3.63, 3.8) is 0 Å². The molecule has 8 heteroatoms. The van der Waals surface area contributed by atoms with Gasteiger partial charge in [0, 0.05) is 33.7 Å². The van der Waals surface area contributed by atoms with Crippen LogP contribution in [-0.2, 0) is 33.3 Å². The summed E-state index contributed by atoms with van der Waals surface area (Å²) in [5.41, 5.74) is 0. The molecule has 1 heterocycles. The molecule has 8 nitrogen and oxygen atoms in total. The Hall–Kier alpha value is -1.67. The molecule has 23 heavy (non-hydrogen) atoms. The van der Waals surface area contributed by atoms with Crippen molar-refractivity contribution in [3.8, 4) is 0 Å². The number of amides is 1. The van der Waals surface area contributed by atoms with E-state index in [9.17, 15) is 14.4 Å². The van der Waals surface area contributed by atoms with Crippen molar-refractivity contribution in [2.24, 2.45) is 0 Å². The second-order valence-corrected chi connectivity index (χ2v) is 5.34. The van der Waals surface area contributed by atoms with E-state index < -0.39 is 30.4 Å². The molecule has 0 radical (unpaired) electrons. The highest BCUT2D eigenvalue weighted by molar-refractivity contribution is 5.72. The summed E-state index contributed by atoms with van der Waals surface area (Å²) in [6.45, 7) is 5.07. The summed E-state index contributed by atoms with van der Waals surface area (Å²) < 4.78 is 21.5. The number of hydrogen-bond donors (Lipinski definition) is 1. The standard InChI is InChI=1S/C15H25NO7/c1-10(17)16-7-4-8-20-15-6-5-13(22-12(3)19)14(23-15)9-21-11(2)18/h13-15H,4-9H2,1-3H3,(H,16,17)/t13-,14+,15-/m0/s1. The summed E-state index contributed by atoms with van der Waals surface area (Å²) in [5.74, 6) is -0.904. The lowest BCUT2D eigenvalue weighted by Crippen LogP contribution is -2.45. The Morgan fingerprint density at radius 2 is 1.87 bits per heavy atom. The number of nitrogens with one attached hydrogen (secondary N) is 1. The molecule has 0 aromatic rings. The largest absolute Gasteiger partial charge is 0.463 e. The van der Waals surface area contributed by atoms with Crippen molar-refractivity contribution in [3.05, 3.63) is 0 Å². The van der Waals surface area contributed by atoms with E-state index >= 15 is 0 Å². The Bertz CT molecular complexity index is 413. The first-order valence-electron chi connectivity index (χ1n) is 7.70. The SMILES string of the molecule is CC(=O)NCCCO[C@@H]1CC[C@H](OC(C)=O)[C@@H](COC(C)=O)O1. The van der Waals surface area contributed by atoms with Crippen LogP contribution in [-0.4, -0.2) is 56.1 Å². The molecular formula is C15H25NO7. The molecule has 3 atom stereocenters. The molecule has 1 aliphatic heterocycles. The highest BCUT2D eigenvalue weighted by atomic mass is 16.7. The normalized spacial score (nSPS) is 23.9. The highest BCUT2D eigenvalue weighted by Crippen LogP contribution is 2.23. The van der Waals surface area contributed by atoms with E-state index in [0.717, 1.165) is 0 Å². The van der Waals surface area contributed by atoms with Gasteiger partial charge in [-0.1, -0.05) is 0 Å². The Kier molecular flexibility index (Phi) is 8.57. The molecule has 0 aliphatic carbocycles. The molecule has 1 amide bonds. The Balaban J connectivity index is 2.38. The lowest BCUT2D eigenvalue weighted by Gasteiger charge is -2.35. The third-order valence-electron chi connectivity index (χ3n) is 3.20. The minimum Gasteiger partial charge on any atom is -0.463 e. The monoisotopic (exact) mass is 331 g/mol. The van der Waals surface area contributed by atoms with Crippen LogP contribution in [0, 0.1) is 0 Å². The molecule has 1 aliphatic rings. The third-order valence-corrected chi connectivity index (χ3v) is 3.20. The summed E-state index contributed by atoms with van der Waals surface area (Å²) in [5, 5.41) is 2.68. The summed E-state index contributed by atoms with van der Waals surface area (Å²) in [6.07, 6.45) is 0.375. The second kappa shape index (κ2) is 10.2. The van der Waals surface area contributed by atoms with Gasteiger partial charge in [-0.3, -0.25) is 14.4 Å². The van der Waals surface area contributed by atoms with E-state index in [4.69, 9.17) is 18.9 Å². The molecule has 1 fully saturated rings. The van der Waals surface area contributed by atoms with Gasteiger partial charge < -0.3 is 24.3 Å². The Morgan fingerprint density at radius 3 is 2.48 bits per heavy atom. The number of rotatable bonds is 8. The maximum atomic E-state index is 11.1. The number of ether oxygens (including phenoxy) is 4. The lowest BCUT2D eigenvalue weighted by molar-refractivity contribution is -0.237. The van der Waals surface area contributed by atoms with Crippen LogP contribution in [0.1, 0.15) is 40.0 Å². The average molecular weight is 331 g/mol. The topological polar surface area (TPSA) is 100 Å². The fraction of sp³-hybridized carbons (Fsp3) is 0.800. The predicted molar refractivity (Wildman–Crippen MR) is 79.3 cm³/mol. The molecule has 1 rings (SSSR count). The fourth-order valence-electron chi connectivity index (χ4n) is 2.20. The zero-order valence-electron chi connectivity index (χ0n) is 13.8. The molecule has 0 aromatic carbocycles. The van der Waals surface area contributed by atoms with Crippen molar-refractivity contribution in [1.82, 2.24) is 5.32 Å². The fourth-order valence-corrected chi connectivity index (χ4v) is 2.20. The molecular weight excluding hydrogens is 306 g/mol. The van der Waals surface area contributed by atoms with Crippen LogP contribution in [0.3, 0.4) is 0 Å². The summed E-state index contributed by atoms with van der Waals surface area (Å²) in [4.78, 5) is 32.8. The van der Waals surface area contributed by atoms with Crippen LogP contribution in [0.5, 0.6) is 0 Å². The van der Waals surface area contributed by atoms with Gasteiger partial charge in [0.15, 0.2) is 6.29 Å². The molecule has 0 saturated carbocycles. The maximum Gasteiger partial charge on any atom is 0.302 e. The van der Waals surface area contributed by atoms with Gasteiger partial charge in [0.05, 0.1) is 6.61 Å². The molecule has 1 saturated heterocycles. The summed E-state index contributed by atoms with van der Waals surface area (Å²) in [6, 6.07) is 0. The Morgan fingerprint density at radius 1 is 1.13 bits per heavy atom. The first kappa shape index (κ1) is 19.4. The van der Waals surface area contributed by atoms with Crippen molar-refractivity contribution in [2.45, 2.75) is 58.5 Å². The van der Waals surface area contributed by atoms with E-state index in [0.29, 0.717) is 32.4 Å². The zero-order chi connectivity index (χ0) is 17.2. The van der Waals surface area contributed by atoms with Gasteiger partial charge in [0.25, 0.3) is 0 Å². The van der Waals surface area contributed by atoms with Crippen molar-refractivity contribution in [1.29, 1.82) is 0 Å². The maximum absolute atomic E-state index is 11.1. The van der Waals surface area contributed by atoms with Gasteiger partial charge in [0.2, 0.25) is 5.91 Å². The number of carbonyl (C=O) groups excluding carboxylic acids is 3. The van der Waals surface area contributed by atoms with Crippen LogP contribution in [0.2, 0.25) is 0 Å². The van der Waals surface area contributed by atoms with E-state index in [1.54, 1.807) is 0 Å². The number of hydrogen-bond acceptors (Lipinski definition) is 7. The van der Waals surface area contributed by atoms with Gasteiger partial charge in [-0.05, 0) is 12.8 Å². The van der Waals surface area contributed by atoms with Crippen LogP contribution in [0.25, 0.3) is 0 Å². The summed E-state index contributed by atoms with van der Waals surface area (Å²) in [7, 11) is 0. The van der Waals surface area contributed by atoms with E-state index in [2.05, 4.69) is 5.32 Å². The van der Waals surface area contributed by atoms with Crippen molar-refractivity contribution >= 4 is 17.8 Å². The van der Waals surface area contributed by atoms with Crippen LogP contribution >= 0.6 is 0 Å². The quantitative estimate of drug-likeness (QED) is 0.511. The number of carbonyl (C=O) groups is 3.